The molecule has 0 bridgehead atoms. The lowest BCUT2D eigenvalue weighted by molar-refractivity contribution is 0.0616. The van der Waals surface area contributed by atoms with Crippen molar-refractivity contribution in [3.05, 3.63) is 34.3 Å². The first-order valence-electron chi connectivity index (χ1n) is 7.40. The van der Waals surface area contributed by atoms with Crippen molar-refractivity contribution in [2.75, 3.05) is 13.1 Å². The molecule has 1 aliphatic rings. The summed E-state index contributed by atoms with van der Waals surface area (Å²) in [5.74, 6) is 0.591. The maximum Gasteiger partial charge on any atom is 0.0627 e. The fraction of sp³-hybridized carbons (Fsp3) is 0.588. The Bertz CT molecular complexity index is 482. The van der Waals surface area contributed by atoms with Crippen LogP contribution in [-0.2, 0) is 6.54 Å². The molecular formula is C17H23BrN2. The summed E-state index contributed by atoms with van der Waals surface area (Å²) in [5.41, 5.74) is 1.59. The van der Waals surface area contributed by atoms with Gasteiger partial charge in [0.25, 0.3) is 0 Å². The molecule has 108 valence electrons. The number of nitriles is 1. The summed E-state index contributed by atoms with van der Waals surface area (Å²) in [6, 6.07) is 10.8. The Labute approximate surface area is 130 Å². The summed E-state index contributed by atoms with van der Waals surface area (Å²) >= 11 is 3.62. The van der Waals surface area contributed by atoms with Gasteiger partial charge in [0.2, 0.25) is 0 Å². The Morgan fingerprint density at radius 1 is 1.30 bits per heavy atom. The maximum atomic E-state index is 9.10. The molecule has 1 aromatic rings. The van der Waals surface area contributed by atoms with Gasteiger partial charge in [0.1, 0.15) is 0 Å². The van der Waals surface area contributed by atoms with Crippen molar-refractivity contribution in [1.82, 2.24) is 4.90 Å². The average molecular weight is 335 g/mol. The second kappa shape index (κ2) is 6.74. The van der Waals surface area contributed by atoms with Crippen LogP contribution < -0.4 is 0 Å². The smallest absolute Gasteiger partial charge is 0.0627 e. The molecular weight excluding hydrogens is 312 g/mol. The molecule has 0 unspecified atom stereocenters. The number of benzene rings is 1. The van der Waals surface area contributed by atoms with Crippen LogP contribution in [0, 0.1) is 22.7 Å². The zero-order valence-electron chi connectivity index (χ0n) is 12.4. The largest absolute Gasteiger partial charge is 0.299 e. The molecule has 1 aliphatic heterocycles. The van der Waals surface area contributed by atoms with Crippen LogP contribution in [0.25, 0.3) is 0 Å². The molecule has 1 heterocycles. The lowest BCUT2D eigenvalue weighted by Crippen LogP contribution is -2.42. The van der Waals surface area contributed by atoms with Gasteiger partial charge in [-0.15, -0.1) is 0 Å². The molecule has 2 nitrogen and oxygen atoms in total. The van der Waals surface area contributed by atoms with Crippen molar-refractivity contribution in [1.29, 1.82) is 5.26 Å². The third kappa shape index (κ3) is 3.42. The van der Waals surface area contributed by atoms with E-state index in [-0.39, 0.29) is 5.41 Å². The van der Waals surface area contributed by atoms with Gasteiger partial charge in [0.05, 0.1) is 6.07 Å². The summed E-state index contributed by atoms with van der Waals surface area (Å²) in [6.07, 6.45) is 2.99. The van der Waals surface area contributed by atoms with Crippen LogP contribution in [0.3, 0.4) is 0 Å². The van der Waals surface area contributed by atoms with E-state index >= 15 is 0 Å². The van der Waals surface area contributed by atoms with E-state index in [4.69, 9.17) is 5.26 Å². The number of halogens is 1. The molecule has 2 rings (SSSR count). The molecule has 0 aliphatic carbocycles. The number of hydrogen-bond acceptors (Lipinski definition) is 2. The van der Waals surface area contributed by atoms with E-state index in [1.54, 1.807) is 0 Å². The van der Waals surface area contributed by atoms with E-state index in [2.05, 4.69) is 65.0 Å². The minimum absolute atomic E-state index is 0.235. The van der Waals surface area contributed by atoms with Crippen LogP contribution in [-0.4, -0.2) is 18.0 Å². The zero-order chi connectivity index (χ0) is 14.6. The standard InChI is InChI=1S/C17H23BrN2/c1-14(2)17(7-10-19)8-11-20(12-9-17)13-15-5-3-4-6-16(15)18/h3-6,14H,7-9,11-13H2,1-2H3. The van der Waals surface area contributed by atoms with Crippen molar-refractivity contribution in [3.8, 4) is 6.07 Å². The third-order valence-corrected chi connectivity index (χ3v) is 5.63. The topological polar surface area (TPSA) is 27.0 Å². The highest BCUT2D eigenvalue weighted by atomic mass is 79.9. The van der Waals surface area contributed by atoms with Gasteiger partial charge < -0.3 is 0 Å². The van der Waals surface area contributed by atoms with Crippen LogP contribution in [0.2, 0.25) is 0 Å². The molecule has 1 fully saturated rings. The molecule has 0 spiro atoms. The highest BCUT2D eigenvalue weighted by molar-refractivity contribution is 9.10. The van der Waals surface area contributed by atoms with Crippen molar-refractivity contribution >= 4 is 15.9 Å². The van der Waals surface area contributed by atoms with E-state index in [1.807, 2.05) is 0 Å². The van der Waals surface area contributed by atoms with Gasteiger partial charge in [0, 0.05) is 17.4 Å². The van der Waals surface area contributed by atoms with E-state index in [1.165, 1.54) is 10.0 Å². The molecule has 3 heteroatoms. The fourth-order valence-electron chi connectivity index (χ4n) is 3.14. The highest BCUT2D eigenvalue weighted by Crippen LogP contribution is 2.41. The van der Waals surface area contributed by atoms with Crippen molar-refractivity contribution in [2.24, 2.45) is 11.3 Å². The summed E-state index contributed by atoms with van der Waals surface area (Å²) in [6.45, 7) is 7.73. The van der Waals surface area contributed by atoms with Gasteiger partial charge in [-0.25, -0.2) is 0 Å². The Kier molecular flexibility index (Phi) is 5.23. The van der Waals surface area contributed by atoms with E-state index in [0.29, 0.717) is 12.3 Å². The quantitative estimate of drug-likeness (QED) is 0.804. The van der Waals surface area contributed by atoms with Gasteiger partial charge >= 0.3 is 0 Å². The third-order valence-electron chi connectivity index (χ3n) is 4.86. The molecule has 0 aromatic heterocycles. The van der Waals surface area contributed by atoms with Crippen molar-refractivity contribution in [2.45, 2.75) is 39.7 Å². The molecule has 0 amide bonds. The molecule has 0 saturated carbocycles. The van der Waals surface area contributed by atoms with E-state index in [9.17, 15) is 0 Å². The molecule has 1 aromatic carbocycles. The fourth-order valence-corrected chi connectivity index (χ4v) is 3.55. The summed E-state index contributed by atoms with van der Waals surface area (Å²) in [4.78, 5) is 2.51. The second-order valence-electron chi connectivity index (χ2n) is 6.22. The molecule has 0 atom stereocenters. The predicted molar refractivity (Wildman–Crippen MR) is 86.2 cm³/mol. The van der Waals surface area contributed by atoms with Gasteiger partial charge in [-0.3, -0.25) is 4.90 Å². The number of likely N-dealkylation sites (tertiary alicyclic amines) is 1. The lowest BCUT2D eigenvalue weighted by Gasteiger charge is -2.43. The molecule has 0 radical (unpaired) electrons. The van der Waals surface area contributed by atoms with Crippen molar-refractivity contribution < 1.29 is 0 Å². The van der Waals surface area contributed by atoms with Crippen LogP contribution in [0.5, 0.6) is 0 Å². The molecule has 20 heavy (non-hydrogen) atoms. The average Bonchev–Trinajstić information content (AvgIpc) is 2.43. The van der Waals surface area contributed by atoms with E-state index in [0.717, 1.165) is 32.5 Å². The number of hydrogen-bond donors (Lipinski definition) is 0. The molecule has 0 N–H and O–H groups in total. The number of nitrogens with zero attached hydrogens (tertiary/aromatic N) is 2. The Hall–Kier alpha value is -0.850. The monoisotopic (exact) mass is 334 g/mol. The summed E-state index contributed by atoms with van der Waals surface area (Å²) in [7, 11) is 0. The predicted octanol–water partition coefficient (Wildman–Crippen LogP) is 4.60. The Balaban J connectivity index is 1.98. The maximum absolute atomic E-state index is 9.10. The van der Waals surface area contributed by atoms with Gasteiger partial charge in [-0.2, -0.15) is 5.26 Å². The number of rotatable bonds is 4. The molecule has 1 saturated heterocycles. The minimum Gasteiger partial charge on any atom is -0.299 e. The normalized spacial score (nSPS) is 18.9. The highest BCUT2D eigenvalue weighted by Gasteiger charge is 2.37. The van der Waals surface area contributed by atoms with Crippen LogP contribution in [0.1, 0.15) is 38.7 Å². The van der Waals surface area contributed by atoms with Gasteiger partial charge in [-0.05, 0) is 48.9 Å². The van der Waals surface area contributed by atoms with Crippen LogP contribution in [0.15, 0.2) is 28.7 Å². The Morgan fingerprint density at radius 2 is 1.95 bits per heavy atom. The Morgan fingerprint density at radius 3 is 2.50 bits per heavy atom. The lowest BCUT2D eigenvalue weighted by atomic mass is 9.68. The van der Waals surface area contributed by atoms with E-state index < -0.39 is 0 Å². The number of piperidine rings is 1. The first-order valence-corrected chi connectivity index (χ1v) is 8.19. The SMILES string of the molecule is CC(C)C1(CC#N)CCN(Cc2ccccc2Br)CC1. The summed E-state index contributed by atoms with van der Waals surface area (Å²) in [5, 5.41) is 9.10. The van der Waals surface area contributed by atoms with Crippen LogP contribution >= 0.6 is 15.9 Å². The zero-order valence-corrected chi connectivity index (χ0v) is 14.0. The minimum atomic E-state index is 0.235. The van der Waals surface area contributed by atoms with Gasteiger partial charge in [0.15, 0.2) is 0 Å². The summed E-state index contributed by atoms with van der Waals surface area (Å²) < 4.78 is 1.19. The first-order chi connectivity index (χ1) is 9.57. The van der Waals surface area contributed by atoms with Crippen molar-refractivity contribution in [3.63, 3.8) is 0 Å². The van der Waals surface area contributed by atoms with Gasteiger partial charge in [-0.1, -0.05) is 48.0 Å². The second-order valence-corrected chi connectivity index (χ2v) is 7.07. The van der Waals surface area contributed by atoms with Crippen LogP contribution in [0.4, 0.5) is 0 Å². The first kappa shape index (κ1) is 15.5.